The number of carbonyl (C=O) groups excluding carboxylic acids is 1. The number of hydrogen-bond acceptors (Lipinski definition) is 7. The molecule has 0 radical (unpaired) electrons. The molecule has 1 N–H and O–H groups in total. The number of fused-ring (bicyclic) bond motifs is 1. The van der Waals surface area contributed by atoms with Crippen LogP contribution in [0.4, 0.5) is 5.13 Å². The van der Waals surface area contributed by atoms with Crippen LogP contribution in [0, 0.1) is 0 Å². The van der Waals surface area contributed by atoms with E-state index in [9.17, 15) is 4.79 Å². The molecule has 3 heterocycles. The summed E-state index contributed by atoms with van der Waals surface area (Å²) in [6.45, 7) is 2.65. The average molecular weight is 386 g/mol. The molecule has 1 amide bonds. The van der Waals surface area contributed by atoms with Gasteiger partial charge in [0.1, 0.15) is 16.1 Å². The smallest absolute Gasteiger partial charge is 0.230 e. The lowest BCUT2D eigenvalue weighted by atomic mass is 10.2. The molecule has 26 heavy (non-hydrogen) atoms. The van der Waals surface area contributed by atoms with Gasteiger partial charge in [0.15, 0.2) is 10.8 Å². The van der Waals surface area contributed by atoms with Crippen LogP contribution in [0.3, 0.4) is 0 Å². The van der Waals surface area contributed by atoms with E-state index in [0.717, 1.165) is 39.2 Å². The molecule has 1 aromatic carbocycles. The Morgan fingerprint density at radius 3 is 2.81 bits per heavy atom. The van der Waals surface area contributed by atoms with E-state index in [1.807, 2.05) is 30.3 Å². The van der Waals surface area contributed by atoms with E-state index in [4.69, 9.17) is 0 Å². The summed E-state index contributed by atoms with van der Waals surface area (Å²) in [5, 5.41) is 4.78. The largest absolute Gasteiger partial charge is 0.351 e. The normalized spacial score (nSPS) is 14.1. The quantitative estimate of drug-likeness (QED) is 0.519. The van der Waals surface area contributed by atoms with Crippen molar-refractivity contribution in [1.82, 2.24) is 20.3 Å². The van der Waals surface area contributed by atoms with Gasteiger partial charge < -0.3 is 10.2 Å². The highest BCUT2D eigenvalue weighted by atomic mass is 32.2. The van der Waals surface area contributed by atoms with Crippen LogP contribution in [0.1, 0.15) is 18.4 Å². The number of nitrogens with one attached hydrogen (secondary N) is 1. The SMILES string of the molecule is O=C(CSc1ncnc2nc(N3CCCC3)sc12)NCc1ccccc1. The van der Waals surface area contributed by atoms with Crippen LogP contribution in [0.5, 0.6) is 0 Å². The van der Waals surface area contributed by atoms with Crippen molar-refractivity contribution in [3.8, 4) is 0 Å². The van der Waals surface area contributed by atoms with E-state index in [-0.39, 0.29) is 5.91 Å². The molecule has 0 unspecified atom stereocenters. The monoisotopic (exact) mass is 385 g/mol. The van der Waals surface area contributed by atoms with Gasteiger partial charge in [0, 0.05) is 19.6 Å². The third-order valence-electron chi connectivity index (χ3n) is 4.20. The lowest BCUT2D eigenvalue weighted by molar-refractivity contribution is -0.118. The summed E-state index contributed by atoms with van der Waals surface area (Å²) < 4.78 is 0.968. The Kier molecular flexibility index (Phi) is 5.31. The predicted molar refractivity (Wildman–Crippen MR) is 106 cm³/mol. The standard InChI is InChI=1S/C18H19N5OS2/c24-14(19-10-13-6-2-1-3-7-13)11-25-17-15-16(20-12-21-17)22-18(26-15)23-8-4-5-9-23/h1-3,6-7,12H,4-5,8-11H2,(H,19,24). The highest BCUT2D eigenvalue weighted by Crippen LogP contribution is 2.34. The highest BCUT2D eigenvalue weighted by molar-refractivity contribution is 8.00. The van der Waals surface area contributed by atoms with Gasteiger partial charge >= 0.3 is 0 Å². The van der Waals surface area contributed by atoms with Gasteiger partial charge in [-0.1, -0.05) is 53.4 Å². The first-order valence-electron chi connectivity index (χ1n) is 8.59. The first kappa shape index (κ1) is 17.2. The number of hydrogen-bond donors (Lipinski definition) is 1. The summed E-state index contributed by atoms with van der Waals surface area (Å²) in [7, 11) is 0. The van der Waals surface area contributed by atoms with Crippen molar-refractivity contribution in [1.29, 1.82) is 0 Å². The van der Waals surface area contributed by atoms with Crippen LogP contribution in [0.15, 0.2) is 41.7 Å². The molecular formula is C18H19N5OS2. The van der Waals surface area contributed by atoms with Crippen LogP contribution in [-0.2, 0) is 11.3 Å². The third-order valence-corrected chi connectivity index (χ3v) is 6.43. The minimum absolute atomic E-state index is 0.00473. The summed E-state index contributed by atoms with van der Waals surface area (Å²) in [5.74, 6) is 0.325. The lowest BCUT2D eigenvalue weighted by Gasteiger charge is -2.11. The second-order valence-electron chi connectivity index (χ2n) is 6.07. The van der Waals surface area contributed by atoms with Crippen molar-refractivity contribution in [2.24, 2.45) is 0 Å². The molecule has 8 heteroatoms. The van der Waals surface area contributed by atoms with Crippen molar-refractivity contribution in [3.63, 3.8) is 0 Å². The third kappa shape index (κ3) is 3.96. The fourth-order valence-electron chi connectivity index (χ4n) is 2.85. The van der Waals surface area contributed by atoms with Crippen LogP contribution >= 0.6 is 23.1 Å². The number of benzene rings is 1. The van der Waals surface area contributed by atoms with Crippen molar-refractivity contribution in [2.75, 3.05) is 23.7 Å². The molecule has 0 bridgehead atoms. The van der Waals surface area contributed by atoms with Crippen LogP contribution in [0.2, 0.25) is 0 Å². The number of aromatic nitrogens is 3. The molecule has 6 nitrogen and oxygen atoms in total. The molecule has 3 aromatic rings. The summed E-state index contributed by atoms with van der Waals surface area (Å²) in [6, 6.07) is 9.90. The Morgan fingerprint density at radius 1 is 1.19 bits per heavy atom. The van der Waals surface area contributed by atoms with Gasteiger partial charge in [-0.05, 0) is 18.4 Å². The molecule has 0 saturated carbocycles. The van der Waals surface area contributed by atoms with E-state index in [1.165, 1.54) is 30.9 Å². The Hall–Kier alpha value is -2.19. The van der Waals surface area contributed by atoms with E-state index >= 15 is 0 Å². The maximum absolute atomic E-state index is 12.1. The number of thiazole rings is 1. The summed E-state index contributed by atoms with van der Waals surface area (Å²) in [6.07, 6.45) is 3.95. The van der Waals surface area contributed by atoms with Crippen molar-refractivity contribution < 1.29 is 4.79 Å². The van der Waals surface area contributed by atoms with Gasteiger partial charge in [-0.3, -0.25) is 4.79 Å². The molecule has 0 aliphatic carbocycles. The molecule has 2 aromatic heterocycles. The van der Waals surface area contributed by atoms with Crippen molar-refractivity contribution in [3.05, 3.63) is 42.2 Å². The summed E-state index contributed by atoms with van der Waals surface area (Å²) >= 11 is 3.06. The number of anilines is 1. The van der Waals surface area contributed by atoms with E-state index in [0.29, 0.717) is 12.3 Å². The summed E-state index contributed by atoms with van der Waals surface area (Å²) in [4.78, 5) is 27.7. The topological polar surface area (TPSA) is 71.0 Å². The van der Waals surface area contributed by atoms with Crippen LogP contribution in [-0.4, -0.2) is 39.7 Å². The fourth-order valence-corrected chi connectivity index (χ4v) is 4.82. The molecule has 0 atom stereocenters. The first-order valence-corrected chi connectivity index (χ1v) is 10.4. The molecule has 4 rings (SSSR count). The van der Waals surface area contributed by atoms with Gasteiger partial charge in [-0.15, -0.1) is 0 Å². The second kappa shape index (κ2) is 8.01. The van der Waals surface area contributed by atoms with E-state index < -0.39 is 0 Å². The molecule has 1 aliphatic rings. The number of rotatable bonds is 6. The Labute approximate surface area is 160 Å². The molecule has 1 fully saturated rings. The number of nitrogens with zero attached hydrogens (tertiary/aromatic N) is 4. The first-order chi connectivity index (χ1) is 12.8. The predicted octanol–water partition coefficient (Wildman–Crippen LogP) is 3.10. The molecule has 134 valence electrons. The molecule has 1 aliphatic heterocycles. The maximum Gasteiger partial charge on any atom is 0.230 e. The fraction of sp³-hybridized carbons (Fsp3) is 0.333. The van der Waals surface area contributed by atoms with E-state index in [1.54, 1.807) is 11.3 Å². The zero-order chi connectivity index (χ0) is 17.8. The number of carbonyl (C=O) groups is 1. The maximum atomic E-state index is 12.1. The van der Waals surface area contributed by atoms with Crippen LogP contribution < -0.4 is 10.2 Å². The molecule has 0 spiro atoms. The minimum atomic E-state index is -0.00473. The average Bonchev–Trinajstić information content (AvgIpc) is 3.34. The van der Waals surface area contributed by atoms with Gasteiger partial charge in [-0.25, -0.2) is 9.97 Å². The van der Waals surface area contributed by atoms with E-state index in [2.05, 4.69) is 25.2 Å². The van der Waals surface area contributed by atoms with Crippen molar-refractivity contribution >= 4 is 44.5 Å². The zero-order valence-corrected chi connectivity index (χ0v) is 15.9. The number of thioether (sulfide) groups is 1. The van der Waals surface area contributed by atoms with Gasteiger partial charge in [-0.2, -0.15) is 4.98 Å². The van der Waals surface area contributed by atoms with Gasteiger partial charge in [0.05, 0.1) is 5.75 Å². The molecular weight excluding hydrogens is 366 g/mol. The van der Waals surface area contributed by atoms with Gasteiger partial charge in [0.2, 0.25) is 5.91 Å². The van der Waals surface area contributed by atoms with Crippen LogP contribution in [0.25, 0.3) is 10.3 Å². The highest BCUT2D eigenvalue weighted by Gasteiger charge is 2.19. The Balaban J connectivity index is 1.39. The zero-order valence-electron chi connectivity index (χ0n) is 14.2. The summed E-state index contributed by atoms with van der Waals surface area (Å²) in [5.41, 5.74) is 1.81. The minimum Gasteiger partial charge on any atom is -0.351 e. The van der Waals surface area contributed by atoms with Crippen molar-refractivity contribution in [2.45, 2.75) is 24.4 Å². The second-order valence-corrected chi connectivity index (χ2v) is 8.01. The lowest BCUT2D eigenvalue weighted by Crippen LogP contribution is -2.24. The molecule has 1 saturated heterocycles. The number of amides is 1. The van der Waals surface area contributed by atoms with Gasteiger partial charge in [0.25, 0.3) is 0 Å². The Morgan fingerprint density at radius 2 is 2.00 bits per heavy atom. The Bertz CT molecular complexity index is 893.